The number of pyridine rings is 1. The number of ether oxygens (including phenoxy) is 1. The van der Waals surface area contributed by atoms with Gasteiger partial charge in [-0.25, -0.2) is 8.42 Å². The number of nitrogens with zero attached hydrogens (tertiary/aromatic N) is 3. The van der Waals surface area contributed by atoms with Crippen molar-refractivity contribution in [2.45, 2.75) is 18.2 Å². The summed E-state index contributed by atoms with van der Waals surface area (Å²) in [5.74, 6) is -0.632. The Hall–Kier alpha value is -4.70. The van der Waals surface area contributed by atoms with Crippen LogP contribution in [0.15, 0.2) is 90.0 Å². The van der Waals surface area contributed by atoms with Gasteiger partial charge in [0.1, 0.15) is 17.3 Å². The van der Waals surface area contributed by atoms with Crippen molar-refractivity contribution >= 4 is 49.3 Å². The summed E-state index contributed by atoms with van der Waals surface area (Å²) in [7, 11) is -2.24. The van der Waals surface area contributed by atoms with Crippen molar-refractivity contribution in [3.05, 3.63) is 102 Å². The van der Waals surface area contributed by atoms with Gasteiger partial charge in [-0.3, -0.25) is 19.5 Å². The summed E-state index contributed by atoms with van der Waals surface area (Å²) in [6.07, 6.45) is 2.17. The summed E-state index contributed by atoms with van der Waals surface area (Å²) >= 11 is 0. The molecule has 0 atom stereocenters. The lowest BCUT2D eigenvalue weighted by atomic mass is 10.1. The first-order valence-electron chi connectivity index (χ1n) is 12.7. The van der Waals surface area contributed by atoms with Crippen LogP contribution in [-0.4, -0.2) is 42.9 Å². The molecule has 2 aromatic heterocycles. The molecule has 0 aliphatic carbocycles. The first-order chi connectivity index (χ1) is 19.2. The van der Waals surface area contributed by atoms with Gasteiger partial charge in [-0.15, -0.1) is 0 Å². The molecule has 204 valence electrons. The Morgan fingerprint density at radius 3 is 2.50 bits per heavy atom. The van der Waals surface area contributed by atoms with Crippen molar-refractivity contribution in [1.82, 2.24) is 9.55 Å². The number of aryl methyl sites for hydroxylation is 1. The molecule has 5 rings (SSSR count). The van der Waals surface area contributed by atoms with Crippen LogP contribution in [0, 0.1) is 5.41 Å². The number of carbonyl (C=O) groups is 1. The summed E-state index contributed by atoms with van der Waals surface area (Å²) in [6, 6.07) is 23.3. The third kappa shape index (κ3) is 5.13. The van der Waals surface area contributed by atoms with Gasteiger partial charge in [0, 0.05) is 47.2 Å². The van der Waals surface area contributed by atoms with Crippen LogP contribution in [0.3, 0.4) is 0 Å². The molecule has 3 aromatic carbocycles. The number of amidine groups is 1. The van der Waals surface area contributed by atoms with Gasteiger partial charge in [0.2, 0.25) is 0 Å². The number of hydrogen-bond donors (Lipinski definition) is 2. The van der Waals surface area contributed by atoms with E-state index in [1.807, 2.05) is 43.4 Å². The Morgan fingerprint density at radius 1 is 1.02 bits per heavy atom. The average molecular weight is 556 g/mol. The average Bonchev–Trinajstić information content (AvgIpc) is 3.25. The van der Waals surface area contributed by atoms with Crippen LogP contribution in [0.4, 0.5) is 5.69 Å². The molecular weight excluding hydrogens is 526 g/mol. The number of nitrogens with one attached hydrogen (secondary N) is 1. The van der Waals surface area contributed by atoms with Crippen LogP contribution in [0.2, 0.25) is 0 Å². The maximum Gasteiger partial charge on any atom is 0.326 e. The molecule has 0 spiro atoms. The topological polar surface area (TPSA) is 131 Å². The van der Waals surface area contributed by atoms with Gasteiger partial charge < -0.3 is 15.0 Å². The Bertz CT molecular complexity index is 1840. The fraction of sp³-hybridized carbons (Fsp3) is 0.167. The van der Waals surface area contributed by atoms with Gasteiger partial charge in [0.05, 0.1) is 17.8 Å². The van der Waals surface area contributed by atoms with Crippen molar-refractivity contribution in [2.24, 2.45) is 12.8 Å². The number of para-hydroxylation sites is 1. The molecule has 0 aliphatic rings. The van der Waals surface area contributed by atoms with E-state index in [1.54, 1.807) is 49.5 Å². The number of benzene rings is 3. The summed E-state index contributed by atoms with van der Waals surface area (Å²) in [5.41, 5.74) is 9.89. The summed E-state index contributed by atoms with van der Waals surface area (Å²) in [5, 5.41) is 9.10. The van der Waals surface area contributed by atoms with Crippen molar-refractivity contribution in [3.63, 3.8) is 0 Å². The number of fused-ring (bicyclic) bond motifs is 2. The summed E-state index contributed by atoms with van der Waals surface area (Å²) in [6.45, 7) is 1.33. The number of aromatic nitrogens is 2. The zero-order valence-corrected chi connectivity index (χ0v) is 23.0. The van der Waals surface area contributed by atoms with E-state index in [4.69, 9.17) is 15.9 Å². The van der Waals surface area contributed by atoms with Crippen molar-refractivity contribution in [1.29, 1.82) is 5.41 Å². The molecule has 0 saturated carbocycles. The van der Waals surface area contributed by atoms with E-state index in [9.17, 15) is 13.2 Å². The molecule has 0 unspecified atom stereocenters. The monoisotopic (exact) mass is 555 g/mol. The second-order valence-corrected chi connectivity index (χ2v) is 11.2. The minimum atomic E-state index is -4.19. The lowest BCUT2D eigenvalue weighted by Crippen LogP contribution is -2.36. The molecule has 3 N–H and O–H groups in total. The number of nitrogens with two attached hydrogens (primary N) is 1. The number of nitrogen functional groups attached to an aromatic ring is 1. The van der Waals surface area contributed by atoms with Crippen LogP contribution < -0.4 is 10.0 Å². The summed E-state index contributed by atoms with van der Waals surface area (Å²) < 4.78 is 36.4. The molecule has 0 fully saturated rings. The number of sulfonamides is 1. The third-order valence-electron chi connectivity index (χ3n) is 6.81. The highest BCUT2D eigenvalue weighted by Gasteiger charge is 2.30. The highest BCUT2D eigenvalue weighted by Crippen LogP contribution is 2.31. The van der Waals surface area contributed by atoms with Gasteiger partial charge >= 0.3 is 5.97 Å². The maximum absolute atomic E-state index is 14.1. The number of carbonyl (C=O) groups excluding carboxylic acids is 1. The fourth-order valence-corrected chi connectivity index (χ4v) is 6.34. The van der Waals surface area contributed by atoms with Crippen molar-refractivity contribution < 1.29 is 17.9 Å². The van der Waals surface area contributed by atoms with E-state index in [1.165, 1.54) is 6.07 Å². The standard InChI is InChI=1S/C30H29N5O4S/c1-3-39-28(36)19-35(40(37,38)27-8-4-6-21-7-5-15-33-29(21)27)24-13-14-26-23(17-24)18-25(34(26)2)16-20-9-11-22(12-10-20)30(31)32/h4-15,17-18H,3,16,19H2,1-2H3,(H3,31,32). The first kappa shape index (κ1) is 26.9. The van der Waals surface area contributed by atoms with E-state index >= 15 is 0 Å². The predicted octanol–water partition coefficient (Wildman–Crippen LogP) is 4.36. The van der Waals surface area contributed by atoms with E-state index in [2.05, 4.69) is 9.55 Å². The first-order valence-corrected chi connectivity index (χ1v) is 14.2. The molecule has 2 heterocycles. The smallest absolute Gasteiger partial charge is 0.326 e. The van der Waals surface area contributed by atoms with Crippen LogP contribution in [0.1, 0.15) is 23.7 Å². The van der Waals surface area contributed by atoms with E-state index < -0.39 is 22.5 Å². The van der Waals surface area contributed by atoms with Gasteiger partial charge in [-0.1, -0.05) is 42.5 Å². The Balaban J connectivity index is 1.56. The minimum Gasteiger partial charge on any atom is -0.465 e. The van der Waals surface area contributed by atoms with E-state index in [-0.39, 0.29) is 17.3 Å². The zero-order valence-electron chi connectivity index (χ0n) is 22.2. The second-order valence-electron chi connectivity index (χ2n) is 9.37. The molecular formula is C30H29N5O4S. The Kier molecular flexibility index (Phi) is 7.27. The molecule has 0 bridgehead atoms. The molecule has 5 aromatic rings. The highest BCUT2D eigenvalue weighted by molar-refractivity contribution is 7.93. The molecule has 0 aliphatic heterocycles. The van der Waals surface area contributed by atoms with Crippen LogP contribution in [-0.2, 0) is 33.0 Å². The van der Waals surface area contributed by atoms with Crippen molar-refractivity contribution in [2.75, 3.05) is 17.5 Å². The van der Waals surface area contributed by atoms with Crippen molar-refractivity contribution in [3.8, 4) is 0 Å². The largest absolute Gasteiger partial charge is 0.465 e. The molecule has 0 radical (unpaired) electrons. The molecule has 9 nitrogen and oxygen atoms in total. The molecule has 10 heteroatoms. The number of anilines is 1. The van der Waals surface area contributed by atoms with E-state index in [0.717, 1.165) is 26.5 Å². The van der Waals surface area contributed by atoms with Gasteiger partial charge in [0.15, 0.2) is 0 Å². The minimum absolute atomic E-state index is 0.0118. The lowest BCUT2D eigenvalue weighted by molar-refractivity contribution is -0.141. The van der Waals surface area contributed by atoms with E-state index in [0.29, 0.717) is 28.6 Å². The number of esters is 1. The van der Waals surface area contributed by atoms with Crippen LogP contribution in [0.5, 0.6) is 0 Å². The Labute approximate surface area is 232 Å². The normalized spacial score (nSPS) is 11.6. The van der Waals surface area contributed by atoms with Crippen LogP contribution >= 0.6 is 0 Å². The predicted molar refractivity (Wildman–Crippen MR) is 156 cm³/mol. The van der Waals surface area contributed by atoms with Gasteiger partial charge in [0.25, 0.3) is 10.0 Å². The number of rotatable bonds is 9. The molecule has 40 heavy (non-hydrogen) atoms. The SMILES string of the molecule is CCOC(=O)CN(c1ccc2c(c1)cc(Cc1ccc(C(=N)N)cc1)n2C)S(=O)(=O)c1cccc2cccnc12. The lowest BCUT2D eigenvalue weighted by Gasteiger charge is -2.24. The van der Waals surface area contributed by atoms with Gasteiger partial charge in [-0.2, -0.15) is 0 Å². The third-order valence-corrected chi connectivity index (χ3v) is 8.61. The maximum atomic E-state index is 14.1. The molecule has 0 saturated heterocycles. The highest BCUT2D eigenvalue weighted by atomic mass is 32.2. The second kappa shape index (κ2) is 10.8. The zero-order chi connectivity index (χ0) is 28.4. The number of hydrogen-bond acceptors (Lipinski definition) is 6. The quantitative estimate of drug-likeness (QED) is 0.158. The Morgan fingerprint density at radius 2 is 1.77 bits per heavy atom. The van der Waals surface area contributed by atoms with Crippen LogP contribution in [0.25, 0.3) is 21.8 Å². The van der Waals surface area contributed by atoms with Gasteiger partial charge in [-0.05, 0) is 48.9 Å². The summed E-state index contributed by atoms with van der Waals surface area (Å²) in [4.78, 5) is 16.9. The molecule has 0 amide bonds. The fourth-order valence-electron chi connectivity index (χ4n) is 4.77.